The van der Waals surface area contributed by atoms with Crippen LogP contribution < -0.4 is 10.2 Å². The summed E-state index contributed by atoms with van der Waals surface area (Å²) in [5, 5.41) is 3.12. The molecular formula is C21H24N4O2. The minimum absolute atomic E-state index is 0.0232. The average Bonchev–Trinajstić information content (AvgIpc) is 2.70. The minimum atomic E-state index is 0.0232. The number of fused-ring (bicyclic) bond motifs is 2. The monoisotopic (exact) mass is 364 g/mol. The summed E-state index contributed by atoms with van der Waals surface area (Å²) in [7, 11) is 1.80. The first kappa shape index (κ1) is 17.6. The lowest BCUT2D eigenvalue weighted by atomic mass is 9.85. The van der Waals surface area contributed by atoms with Gasteiger partial charge < -0.3 is 10.2 Å². The molecule has 6 nitrogen and oxygen atoms in total. The number of pyridine rings is 2. The van der Waals surface area contributed by atoms with Gasteiger partial charge >= 0.3 is 0 Å². The molecule has 1 atom stereocenters. The van der Waals surface area contributed by atoms with Crippen LogP contribution in [0.25, 0.3) is 11.3 Å². The molecule has 0 unspecified atom stereocenters. The summed E-state index contributed by atoms with van der Waals surface area (Å²) in [5.41, 5.74) is 6.29. The second-order valence-electron chi connectivity index (χ2n) is 7.27. The number of hydrogen-bond acceptors (Lipinski definition) is 4. The van der Waals surface area contributed by atoms with Crippen LogP contribution in [-0.4, -0.2) is 28.8 Å². The Morgan fingerprint density at radius 1 is 1.26 bits per heavy atom. The van der Waals surface area contributed by atoms with Crippen LogP contribution in [-0.2, 0) is 22.4 Å². The standard InChI is InChI=1S/C21H24N4O2/c1-3-20(26)24-17-6-4-5-14-15(17)10-22-11-16(14)18-9-13-7-8-21(27)25(2)19(13)12-23-18/h9-12,17H,3-8H2,1-2H3,(H,24,26)/t17-/m1/s1. The lowest BCUT2D eigenvalue weighted by molar-refractivity contribution is -0.121. The zero-order valence-electron chi connectivity index (χ0n) is 15.8. The Bertz CT molecular complexity index is 909. The molecule has 1 aliphatic heterocycles. The fraction of sp³-hybridized carbons (Fsp3) is 0.429. The van der Waals surface area contributed by atoms with Crippen LogP contribution in [0, 0.1) is 0 Å². The van der Waals surface area contributed by atoms with Gasteiger partial charge in [0.05, 0.1) is 23.6 Å². The zero-order valence-corrected chi connectivity index (χ0v) is 15.8. The van der Waals surface area contributed by atoms with Gasteiger partial charge in [0.25, 0.3) is 0 Å². The molecule has 0 radical (unpaired) electrons. The quantitative estimate of drug-likeness (QED) is 0.909. The topological polar surface area (TPSA) is 75.2 Å². The molecule has 4 rings (SSSR count). The van der Waals surface area contributed by atoms with E-state index in [1.165, 1.54) is 5.56 Å². The van der Waals surface area contributed by atoms with E-state index in [1.807, 2.05) is 19.3 Å². The van der Waals surface area contributed by atoms with E-state index in [-0.39, 0.29) is 17.9 Å². The summed E-state index contributed by atoms with van der Waals surface area (Å²) in [4.78, 5) is 34.6. The van der Waals surface area contributed by atoms with E-state index >= 15 is 0 Å². The number of nitrogens with zero attached hydrogens (tertiary/aromatic N) is 3. The van der Waals surface area contributed by atoms with E-state index in [9.17, 15) is 9.59 Å². The van der Waals surface area contributed by atoms with Gasteiger partial charge in [-0.1, -0.05) is 6.92 Å². The Labute approximate surface area is 159 Å². The normalized spacial score (nSPS) is 18.7. The maximum Gasteiger partial charge on any atom is 0.227 e. The van der Waals surface area contributed by atoms with Crippen molar-refractivity contribution in [1.82, 2.24) is 15.3 Å². The fourth-order valence-corrected chi connectivity index (χ4v) is 4.07. The first-order valence-corrected chi connectivity index (χ1v) is 9.60. The molecule has 0 fully saturated rings. The van der Waals surface area contributed by atoms with Gasteiger partial charge in [-0.05, 0) is 48.4 Å². The van der Waals surface area contributed by atoms with E-state index in [2.05, 4.69) is 21.4 Å². The summed E-state index contributed by atoms with van der Waals surface area (Å²) < 4.78 is 0. The lowest BCUT2D eigenvalue weighted by Gasteiger charge is -2.28. The van der Waals surface area contributed by atoms with Crippen molar-refractivity contribution < 1.29 is 9.59 Å². The van der Waals surface area contributed by atoms with Crippen LogP contribution in [0.1, 0.15) is 55.3 Å². The van der Waals surface area contributed by atoms with Crippen molar-refractivity contribution in [2.45, 2.75) is 51.5 Å². The first-order valence-electron chi connectivity index (χ1n) is 9.60. The number of rotatable bonds is 3. The molecule has 2 amide bonds. The highest BCUT2D eigenvalue weighted by atomic mass is 16.2. The molecule has 0 bridgehead atoms. The highest BCUT2D eigenvalue weighted by molar-refractivity contribution is 5.96. The number of aryl methyl sites for hydroxylation is 1. The van der Waals surface area contributed by atoms with Gasteiger partial charge in [-0.15, -0.1) is 0 Å². The lowest BCUT2D eigenvalue weighted by Crippen LogP contribution is -2.31. The number of nitrogens with one attached hydrogen (secondary N) is 1. The summed E-state index contributed by atoms with van der Waals surface area (Å²) in [5.74, 6) is 0.197. The number of carbonyl (C=O) groups excluding carboxylic acids is 2. The van der Waals surface area contributed by atoms with Gasteiger partial charge in [0.2, 0.25) is 11.8 Å². The molecule has 2 aliphatic rings. The number of aromatic nitrogens is 2. The van der Waals surface area contributed by atoms with E-state index in [0.29, 0.717) is 12.8 Å². The summed E-state index contributed by atoms with van der Waals surface area (Å²) in [6.45, 7) is 1.87. The van der Waals surface area contributed by atoms with Gasteiger partial charge in [0.1, 0.15) is 0 Å². The number of hydrogen-bond donors (Lipinski definition) is 1. The maximum atomic E-state index is 11.9. The smallest absolute Gasteiger partial charge is 0.227 e. The van der Waals surface area contributed by atoms with Crippen LogP contribution >= 0.6 is 0 Å². The predicted molar refractivity (Wildman–Crippen MR) is 103 cm³/mol. The van der Waals surface area contributed by atoms with Crippen molar-refractivity contribution in [2.24, 2.45) is 0 Å². The molecule has 3 heterocycles. The molecule has 0 saturated heterocycles. The number of carbonyl (C=O) groups is 2. The molecule has 0 spiro atoms. The Morgan fingerprint density at radius 3 is 2.93 bits per heavy atom. The molecule has 0 aromatic carbocycles. The third-order valence-corrected chi connectivity index (χ3v) is 5.63. The van der Waals surface area contributed by atoms with Crippen molar-refractivity contribution in [3.8, 4) is 11.3 Å². The third kappa shape index (κ3) is 3.20. The Kier molecular flexibility index (Phi) is 4.64. The molecule has 27 heavy (non-hydrogen) atoms. The molecule has 140 valence electrons. The van der Waals surface area contributed by atoms with Crippen molar-refractivity contribution in [2.75, 3.05) is 11.9 Å². The summed E-state index contributed by atoms with van der Waals surface area (Å²) >= 11 is 0. The van der Waals surface area contributed by atoms with Crippen molar-refractivity contribution >= 4 is 17.5 Å². The van der Waals surface area contributed by atoms with E-state index in [1.54, 1.807) is 18.1 Å². The van der Waals surface area contributed by atoms with Gasteiger partial charge in [0, 0.05) is 37.8 Å². The highest BCUT2D eigenvalue weighted by Gasteiger charge is 2.26. The van der Waals surface area contributed by atoms with Crippen LogP contribution in [0.3, 0.4) is 0 Å². The summed E-state index contributed by atoms with van der Waals surface area (Å²) in [6.07, 6.45) is 10.2. The largest absolute Gasteiger partial charge is 0.349 e. The van der Waals surface area contributed by atoms with E-state index < -0.39 is 0 Å². The average molecular weight is 364 g/mol. The fourth-order valence-electron chi connectivity index (χ4n) is 4.07. The molecule has 1 aliphatic carbocycles. The molecule has 1 N–H and O–H groups in total. The van der Waals surface area contributed by atoms with Crippen molar-refractivity contribution in [3.63, 3.8) is 0 Å². The van der Waals surface area contributed by atoms with Gasteiger partial charge in [-0.25, -0.2) is 0 Å². The molecule has 6 heteroatoms. The number of anilines is 1. The second-order valence-corrected chi connectivity index (χ2v) is 7.27. The van der Waals surface area contributed by atoms with Crippen LogP contribution in [0.5, 0.6) is 0 Å². The number of amides is 2. The Hall–Kier alpha value is -2.76. The first-order chi connectivity index (χ1) is 13.1. The van der Waals surface area contributed by atoms with Crippen molar-refractivity contribution in [3.05, 3.63) is 41.3 Å². The SMILES string of the molecule is CCC(=O)N[C@@H]1CCCc2c(-c3cc4c(cn3)N(C)C(=O)CC4)cncc21. The second kappa shape index (κ2) is 7.10. The zero-order chi connectivity index (χ0) is 19.0. The maximum absolute atomic E-state index is 11.9. The molecule has 2 aromatic heterocycles. The van der Waals surface area contributed by atoms with Gasteiger partial charge in [-0.3, -0.25) is 19.6 Å². The Morgan fingerprint density at radius 2 is 2.11 bits per heavy atom. The Balaban J connectivity index is 1.73. The van der Waals surface area contributed by atoms with Crippen LogP contribution in [0.2, 0.25) is 0 Å². The van der Waals surface area contributed by atoms with Crippen molar-refractivity contribution in [1.29, 1.82) is 0 Å². The molecule has 2 aromatic rings. The van der Waals surface area contributed by atoms with E-state index in [4.69, 9.17) is 0 Å². The highest BCUT2D eigenvalue weighted by Crippen LogP contribution is 2.36. The predicted octanol–water partition coefficient (Wildman–Crippen LogP) is 2.96. The minimum Gasteiger partial charge on any atom is -0.349 e. The molecular weight excluding hydrogens is 340 g/mol. The van der Waals surface area contributed by atoms with Gasteiger partial charge in [-0.2, -0.15) is 0 Å². The van der Waals surface area contributed by atoms with E-state index in [0.717, 1.165) is 53.8 Å². The summed E-state index contributed by atoms with van der Waals surface area (Å²) in [6, 6.07) is 2.11. The third-order valence-electron chi connectivity index (χ3n) is 5.63. The van der Waals surface area contributed by atoms with Crippen LogP contribution in [0.4, 0.5) is 5.69 Å². The molecule has 0 saturated carbocycles. The van der Waals surface area contributed by atoms with Gasteiger partial charge in [0.15, 0.2) is 0 Å². The van der Waals surface area contributed by atoms with Crippen LogP contribution in [0.15, 0.2) is 24.7 Å².